The minimum Gasteiger partial charge on any atom is -0.486 e. The summed E-state index contributed by atoms with van der Waals surface area (Å²) in [6.07, 6.45) is 0. The van der Waals surface area contributed by atoms with E-state index in [1.807, 2.05) is 23.9 Å². The maximum Gasteiger partial charge on any atom is 0.162 e. The van der Waals surface area contributed by atoms with Gasteiger partial charge in [0.15, 0.2) is 11.5 Å². The largest absolute Gasteiger partial charge is 0.486 e. The predicted molar refractivity (Wildman–Crippen MR) is 98.4 cm³/mol. The summed E-state index contributed by atoms with van der Waals surface area (Å²) in [6.45, 7) is 10.4. The summed E-state index contributed by atoms with van der Waals surface area (Å²) >= 11 is 2.01. The lowest BCUT2D eigenvalue weighted by atomic mass is 9.82. The number of imidazole rings is 1. The Morgan fingerprint density at radius 1 is 1.00 bits per heavy atom. The summed E-state index contributed by atoms with van der Waals surface area (Å²) < 4.78 is 11.3. The first-order valence-electron chi connectivity index (χ1n) is 8.46. The zero-order valence-corrected chi connectivity index (χ0v) is 15.5. The van der Waals surface area contributed by atoms with Crippen LogP contribution in [0.5, 0.6) is 11.5 Å². The highest BCUT2D eigenvalue weighted by Crippen LogP contribution is 2.42. The van der Waals surface area contributed by atoms with E-state index < -0.39 is 0 Å². The molecule has 4 nitrogen and oxygen atoms in total. The molecule has 24 heavy (non-hydrogen) atoms. The van der Waals surface area contributed by atoms with Gasteiger partial charge in [-0.05, 0) is 18.2 Å². The predicted octanol–water partition coefficient (Wildman–Crippen LogP) is 4.15. The van der Waals surface area contributed by atoms with E-state index in [-0.39, 0.29) is 10.8 Å². The summed E-state index contributed by atoms with van der Waals surface area (Å²) in [4.78, 5) is 8.63. The van der Waals surface area contributed by atoms with E-state index >= 15 is 0 Å². The average molecular weight is 344 g/mol. The number of aromatic amines is 1. The SMILES string of the molecule is CC1(C)CSCC(C)(C)c2[nH]c(-c3ccc4c(c3)OCCO4)nc21. The number of benzene rings is 1. The Bertz CT molecular complexity index is 746. The normalized spacial score (nSPS) is 21.0. The van der Waals surface area contributed by atoms with Crippen LogP contribution in [0.2, 0.25) is 0 Å². The Balaban J connectivity index is 1.81. The van der Waals surface area contributed by atoms with Crippen molar-refractivity contribution in [1.29, 1.82) is 0 Å². The summed E-state index contributed by atoms with van der Waals surface area (Å²) in [7, 11) is 0. The van der Waals surface area contributed by atoms with E-state index in [4.69, 9.17) is 14.5 Å². The monoisotopic (exact) mass is 344 g/mol. The average Bonchev–Trinajstić information content (AvgIpc) is 2.98. The van der Waals surface area contributed by atoms with Crippen molar-refractivity contribution >= 4 is 11.8 Å². The molecule has 0 saturated heterocycles. The molecule has 2 aromatic rings. The van der Waals surface area contributed by atoms with Gasteiger partial charge in [-0.1, -0.05) is 27.7 Å². The van der Waals surface area contributed by atoms with E-state index in [2.05, 4.69) is 38.7 Å². The minimum absolute atomic E-state index is 0.0658. The Hall–Kier alpha value is -1.62. The highest BCUT2D eigenvalue weighted by Gasteiger charge is 2.38. The molecule has 0 bridgehead atoms. The van der Waals surface area contributed by atoms with Gasteiger partial charge >= 0.3 is 0 Å². The fourth-order valence-corrected chi connectivity index (χ4v) is 4.79. The number of H-pyrrole nitrogens is 1. The number of hydrogen-bond acceptors (Lipinski definition) is 4. The van der Waals surface area contributed by atoms with Crippen LogP contribution in [0.4, 0.5) is 0 Å². The molecule has 3 heterocycles. The second-order valence-electron chi connectivity index (χ2n) is 7.93. The molecule has 0 fully saturated rings. The van der Waals surface area contributed by atoms with Gasteiger partial charge in [-0.3, -0.25) is 0 Å². The standard InChI is InChI=1S/C19H24N2O2S/c1-18(2)10-24-11-19(3,4)16-15(18)20-17(21-16)12-5-6-13-14(9-12)23-8-7-22-13/h5-6,9H,7-8,10-11H2,1-4H3,(H,20,21). The molecule has 0 spiro atoms. The summed E-state index contributed by atoms with van der Waals surface area (Å²) in [5.74, 6) is 4.74. The van der Waals surface area contributed by atoms with Gasteiger partial charge in [0.1, 0.15) is 19.0 Å². The second kappa shape index (κ2) is 5.45. The van der Waals surface area contributed by atoms with Crippen molar-refractivity contribution in [3.8, 4) is 22.9 Å². The number of nitrogens with one attached hydrogen (secondary N) is 1. The maximum absolute atomic E-state index is 5.72. The Morgan fingerprint density at radius 2 is 1.71 bits per heavy atom. The van der Waals surface area contributed by atoms with Crippen LogP contribution in [0.15, 0.2) is 18.2 Å². The first-order chi connectivity index (χ1) is 11.4. The number of aromatic nitrogens is 2. The molecular weight excluding hydrogens is 320 g/mol. The fourth-order valence-electron chi connectivity index (χ4n) is 3.38. The van der Waals surface area contributed by atoms with Crippen LogP contribution in [0.25, 0.3) is 11.4 Å². The summed E-state index contributed by atoms with van der Waals surface area (Å²) in [5.41, 5.74) is 3.67. The lowest BCUT2D eigenvalue weighted by Crippen LogP contribution is -2.24. The van der Waals surface area contributed by atoms with E-state index in [0.29, 0.717) is 13.2 Å². The van der Waals surface area contributed by atoms with Crippen molar-refractivity contribution in [3.05, 3.63) is 29.6 Å². The molecule has 5 heteroatoms. The molecule has 4 rings (SSSR count). The quantitative estimate of drug-likeness (QED) is 0.844. The Morgan fingerprint density at radius 3 is 2.50 bits per heavy atom. The van der Waals surface area contributed by atoms with Crippen LogP contribution in [-0.4, -0.2) is 34.7 Å². The molecule has 0 atom stereocenters. The molecule has 1 N–H and O–H groups in total. The van der Waals surface area contributed by atoms with Gasteiger partial charge in [-0.2, -0.15) is 11.8 Å². The summed E-state index contributed by atoms with van der Waals surface area (Å²) in [5, 5.41) is 0. The van der Waals surface area contributed by atoms with Crippen molar-refractivity contribution in [2.75, 3.05) is 24.7 Å². The van der Waals surface area contributed by atoms with Crippen LogP contribution >= 0.6 is 11.8 Å². The number of ether oxygens (including phenoxy) is 2. The third-order valence-corrected chi connectivity index (χ3v) is 6.61. The zero-order valence-electron chi connectivity index (χ0n) is 14.7. The van der Waals surface area contributed by atoms with Crippen molar-refractivity contribution < 1.29 is 9.47 Å². The molecule has 1 aromatic carbocycles. The highest BCUT2D eigenvalue weighted by atomic mass is 32.2. The second-order valence-corrected chi connectivity index (χ2v) is 8.91. The van der Waals surface area contributed by atoms with Crippen LogP contribution < -0.4 is 9.47 Å². The first-order valence-corrected chi connectivity index (χ1v) is 9.61. The van der Waals surface area contributed by atoms with E-state index in [0.717, 1.165) is 34.4 Å². The molecular formula is C19H24N2O2S. The molecule has 0 radical (unpaired) electrons. The van der Waals surface area contributed by atoms with Crippen molar-refractivity contribution in [1.82, 2.24) is 9.97 Å². The molecule has 128 valence electrons. The maximum atomic E-state index is 5.72. The highest BCUT2D eigenvalue weighted by molar-refractivity contribution is 7.99. The first kappa shape index (κ1) is 15.9. The van der Waals surface area contributed by atoms with Crippen LogP contribution in [-0.2, 0) is 10.8 Å². The molecule has 2 aliphatic heterocycles. The lowest BCUT2D eigenvalue weighted by Gasteiger charge is -2.23. The number of thioether (sulfide) groups is 1. The van der Waals surface area contributed by atoms with E-state index in [9.17, 15) is 0 Å². The van der Waals surface area contributed by atoms with Gasteiger partial charge in [0.2, 0.25) is 0 Å². The van der Waals surface area contributed by atoms with E-state index in [1.165, 1.54) is 11.4 Å². The zero-order chi connectivity index (χ0) is 16.9. The lowest BCUT2D eigenvalue weighted by molar-refractivity contribution is 0.171. The molecule has 1 aromatic heterocycles. The van der Waals surface area contributed by atoms with Crippen molar-refractivity contribution in [2.45, 2.75) is 38.5 Å². The van der Waals surface area contributed by atoms with Crippen LogP contribution in [0.3, 0.4) is 0 Å². The molecule has 0 amide bonds. The Labute approximate surface area is 147 Å². The van der Waals surface area contributed by atoms with Crippen molar-refractivity contribution in [3.63, 3.8) is 0 Å². The van der Waals surface area contributed by atoms with Gasteiger partial charge in [0.25, 0.3) is 0 Å². The van der Waals surface area contributed by atoms with Crippen LogP contribution in [0.1, 0.15) is 39.1 Å². The van der Waals surface area contributed by atoms with Gasteiger partial charge in [-0.15, -0.1) is 0 Å². The summed E-state index contributed by atoms with van der Waals surface area (Å²) in [6, 6.07) is 6.06. The minimum atomic E-state index is 0.0658. The number of hydrogen-bond donors (Lipinski definition) is 1. The topological polar surface area (TPSA) is 47.1 Å². The third-order valence-electron chi connectivity index (χ3n) is 4.76. The Kier molecular flexibility index (Phi) is 3.60. The van der Waals surface area contributed by atoms with Gasteiger partial charge in [-0.25, -0.2) is 4.98 Å². The van der Waals surface area contributed by atoms with Crippen LogP contribution in [0, 0.1) is 0 Å². The smallest absolute Gasteiger partial charge is 0.162 e. The number of nitrogens with zero attached hydrogens (tertiary/aromatic N) is 1. The van der Waals surface area contributed by atoms with Gasteiger partial charge in [0.05, 0.1) is 5.69 Å². The van der Waals surface area contributed by atoms with Gasteiger partial charge in [0, 0.05) is 33.6 Å². The van der Waals surface area contributed by atoms with E-state index in [1.54, 1.807) is 0 Å². The molecule has 0 aliphatic carbocycles. The number of fused-ring (bicyclic) bond motifs is 2. The third kappa shape index (κ3) is 2.59. The molecule has 0 unspecified atom stereocenters. The molecule has 2 aliphatic rings. The molecule has 0 saturated carbocycles. The number of rotatable bonds is 1. The fraction of sp³-hybridized carbons (Fsp3) is 0.526. The van der Waals surface area contributed by atoms with Gasteiger partial charge < -0.3 is 14.5 Å². The van der Waals surface area contributed by atoms with Crippen molar-refractivity contribution in [2.24, 2.45) is 0 Å².